The van der Waals surface area contributed by atoms with E-state index in [4.69, 9.17) is 5.73 Å². The second kappa shape index (κ2) is 6.75. The van der Waals surface area contributed by atoms with E-state index < -0.39 is 0 Å². The molecule has 0 aromatic carbocycles. The second-order valence-electron chi connectivity index (χ2n) is 6.08. The van der Waals surface area contributed by atoms with Gasteiger partial charge in [-0.1, -0.05) is 53.4 Å². The molecule has 0 amide bonds. The molecule has 1 fully saturated rings. The number of hydrogen-bond donors (Lipinski definition) is 2. The van der Waals surface area contributed by atoms with Gasteiger partial charge in [-0.3, -0.25) is 0 Å². The van der Waals surface area contributed by atoms with Crippen molar-refractivity contribution in [3.63, 3.8) is 0 Å². The first-order valence-corrected chi connectivity index (χ1v) is 7.54. The topological polar surface area (TPSA) is 38.0 Å². The van der Waals surface area contributed by atoms with Crippen LogP contribution < -0.4 is 11.1 Å². The zero-order valence-corrected chi connectivity index (χ0v) is 12.3. The highest BCUT2D eigenvalue weighted by Gasteiger charge is 2.40. The monoisotopic (exact) mass is 240 g/mol. The van der Waals surface area contributed by atoms with Crippen molar-refractivity contribution in [2.75, 3.05) is 13.1 Å². The van der Waals surface area contributed by atoms with Gasteiger partial charge in [0, 0.05) is 12.1 Å². The maximum absolute atomic E-state index is 6.10. The van der Waals surface area contributed by atoms with Gasteiger partial charge >= 0.3 is 0 Å². The Morgan fingerprint density at radius 3 is 2.47 bits per heavy atom. The van der Waals surface area contributed by atoms with E-state index in [0.29, 0.717) is 5.92 Å². The van der Waals surface area contributed by atoms with Crippen LogP contribution in [0.1, 0.15) is 59.8 Å². The largest absolute Gasteiger partial charge is 0.329 e. The summed E-state index contributed by atoms with van der Waals surface area (Å²) in [6, 6.07) is 0. The van der Waals surface area contributed by atoms with E-state index in [0.717, 1.165) is 24.9 Å². The lowest BCUT2D eigenvalue weighted by Gasteiger charge is -2.46. The Morgan fingerprint density at radius 1 is 1.29 bits per heavy atom. The van der Waals surface area contributed by atoms with Gasteiger partial charge in [0.15, 0.2) is 0 Å². The molecule has 2 heteroatoms. The average Bonchev–Trinajstić information content (AvgIpc) is 2.35. The van der Waals surface area contributed by atoms with Crippen molar-refractivity contribution >= 4 is 0 Å². The van der Waals surface area contributed by atoms with E-state index >= 15 is 0 Å². The maximum Gasteiger partial charge on any atom is 0.0332 e. The first kappa shape index (κ1) is 15.0. The van der Waals surface area contributed by atoms with E-state index in [1.54, 1.807) is 0 Å². The van der Waals surface area contributed by atoms with Crippen molar-refractivity contribution in [2.24, 2.45) is 23.5 Å². The Labute approximate surface area is 108 Å². The molecular formula is C15H32N2. The first-order valence-electron chi connectivity index (χ1n) is 7.54. The van der Waals surface area contributed by atoms with Crippen LogP contribution in [0.5, 0.6) is 0 Å². The molecule has 2 nitrogen and oxygen atoms in total. The van der Waals surface area contributed by atoms with E-state index in [2.05, 4.69) is 33.0 Å². The van der Waals surface area contributed by atoms with Gasteiger partial charge in [0.1, 0.15) is 0 Å². The normalized spacial score (nSPS) is 34.2. The van der Waals surface area contributed by atoms with Crippen LogP contribution >= 0.6 is 0 Å². The van der Waals surface area contributed by atoms with Crippen molar-refractivity contribution in [1.82, 2.24) is 5.32 Å². The van der Waals surface area contributed by atoms with E-state index in [1.165, 1.54) is 32.1 Å². The highest BCUT2D eigenvalue weighted by atomic mass is 15.0. The van der Waals surface area contributed by atoms with Gasteiger partial charge in [-0.15, -0.1) is 0 Å². The molecule has 0 aliphatic heterocycles. The quantitative estimate of drug-likeness (QED) is 0.748. The summed E-state index contributed by atoms with van der Waals surface area (Å²) in [5, 5.41) is 3.84. The molecular weight excluding hydrogens is 208 g/mol. The van der Waals surface area contributed by atoms with Crippen LogP contribution in [0.3, 0.4) is 0 Å². The van der Waals surface area contributed by atoms with Gasteiger partial charge in [0.2, 0.25) is 0 Å². The summed E-state index contributed by atoms with van der Waals surface area (Å²) in [6.45, 7) is 11.3. The van der Waals surface area contributed by atoms with Crippen molar-refractivity contribution in [1.29, 1.82) is 0 Å². The van der Waals surface area contributed by atoms with Crippen LogP contribution in [0.2, 0.25) is 0 Å². The summed E-state index contributed by atoms with van der Waals surface area (Å²) in [5.74, 6) is 2.32. The molecule has 1 aliphatic rings. The predicted octanol–water partition coefficient (Wildman–Crippen LogP) is 3.17. The molecule has 0 spiro atoms. The first-order chi connectivity index (χ1) is 8.09. The maximum atomic E-state index is 6.10. The summed E-state index contributed by atoms with van der Waals surface area (Å²) in [4.78, 5) is 0. The molecule has 3 atom stereocenters. The summed E-state index contributed by atoms with van der Waals surface area (Å²) < 4.78 is 0. The summed E-state index contributed by atoms with van der Waals surface area (Å²) >= 11 is 0. The smallest absolute Gasteiger partial charge is 0.0332 e. The number of nitrogens with two attached hydrogens (primary N) is 1. The Bertz CT molecular complexity index is 213. The zero-order valence-electron chi connectivity index (χ0n) is 12.3. The number of rotatable bonds is 6. The summed E-state index contributed by atoms with van der Waals surface area (Å²) in [6.07, 6.45) is 6.51. The average molecular weight is 240 g/mol. The molecule has 3 unspecified atom stereocenters. The number of hydrogen-bond acceptors (Lipinski definition) is 2. The van der Waals surface area contributed by atoms with Crippen molar-refractivity contribution < 1.29 is 0 Å². The van der Waals surface area contributed by atoms with Gasteiger partial charge in [-0.05, 0) is 30.7 Å². The molecule has 0 aromatic heterocycles. The highest BCUT2D eigenvalue weighted by Crippen LogP contribution is 2.37. The fourth-order valence-corrected chi connectivity index (χ4v) is 3.30. The van der Waals surface area contributed by atoms with E-state index in [-0.39, 0.29) is 5.54 Å². The third kappa shape index (κ3) is 3.45. The van der Waals surface area contributed by atoms with Crippen LogP contribution in [0.15, 0.2) is 0 Å². The van der Waals surface area contributed by atoms with Gasteiger partial charge in [-0.25, -0.2) is 0 Å². The molecule has 17 heavy (non-hydrogen) atoms. The number of nitrogens with one attached hydrogen (secondary N) is 1. The second-order valence-corrected chi connectivity index (χ2v) is 6.08. The lowest BCUT2D eigenvalue weighted by Crippen LogP contribution is -2.59. The Kier molecular flexibility index (Phi) is 5.94. The minimum Gasteiger partial charge on any atom is -0.329 e. The molecule has 3 N–H and O–H groups in total. The fourth-order valence-electron chi connectivity index (χ4n) is 3.30. The SMILES string of the molecule is CCC(CC)CNC1(CN)CCCC(C)C1C. The molecule has 0 heterocycles. The molecule has 0 bridgehead atoms. The van der Waals surface area contributed by atoms with Gasteiger partial charge in [-0.2, -0.15) is 0 Å². The predicted molar refractivity (Wildman–Crippen MR) is 76.0 cm³/mol. The highest BCUT2D eigenvalue weighted by molar-refractivity contribution is 4.98. The molecule has 0 radical (unpaired) electrons. The molecule has 1 aliphatic carbocycles. The Balaban J connectivity index is 2.61. The fraction of sp³-hybridized carbons (Fsp3) is 1.00. The molecule has 0 saturated heterocycles. The minimum atomic E-state index is 0.209. The van der Waals surface area contributed by atoms with Gasteiger partial charge in [0.25, 0.3) is 0 Å². The van der Waals surface area contributed by atoms with Crippen LogP contribution in [0.25, 0.3) is 0 Å². The molecule has 1 saturated carbocycles. The van der Waals surface area contributed by atoms with Crippen LogP contribution in [0.4, 0.5) is 0 Å². The van der Waals surface area contributed by atoms with E-state index in [9.17, 15) is 0 Å². The van der Waals surface area contributed by atoms with Gasteiger partial charge < -0.3 is 11.1 Å². The zero-order chi connectivity index (χ0) is 12.9. The third-order valence-electron chi connectivity index (χ3n) is 5.27. The van der Waals surface area contributed by atoms with Gasteiger partial charge in [0.05, 0.1) is 0 Å². The standard InChI is InChI=1S/C15H32N2/c1-5-14(6-2)10-17-15(11-16)9-7-8-12(3)13(15)4/h12-14,17H,5-11,16H2,1-4H3. The van der Waals surface area contributed by atoms with Crippen molar-refractivity contribution in [3.05, 3.63) is 0 Å². The van der Waals surface area contributed by atoms with Crippen molar-refractivity contribution in [2.45, 2.75) is 65.3 Å². The van der Waals surface area contributed by atoms with Crippen molar-refractivity contribution in [3.8, 4) is 0 Å². The summed E-state index contributed by atoms with van der Waals surface area (Å²) in [5.41, 5.74) is 6.31. The Morgan fingerprint density at radius 2 is 1.94 bits per heavy atom. The Hall–Kier alpha value is -0.0800. The van der Waals surface area contributed by atoms with E-state index in [1.807, 2.05) is 0 Å². The van der Waals surface area contributed by atoms with Crippen LogP contribution in [-0.4, -0.2) is 18.6 Å². The molecule has 1 rings (SSSR count). The minimum absolute atomic E-state index is 0.209. The lowest BCUT2D eigenvalue weighted by molar-refractivity contribution is 0.106. The van der Waals surface area contributed by atoms with Crippen LogP contribution in [0, 0.1) is 17.8 Å². The molecule has 0 aromatic rings. The third-order valence-corrected chi connectivity index (χ3v) is 5.27. The molecule has 102 valence electrons. The summed E-state index contributed by atoms with van der Waals surface area (Å²) in [7, 11) is 0. The van der Waals surface area contributed by atoms with Crippen LogP contribution in [-0.2, 0) is 0 Å². The lowest BCUT2D eigenvalue weighted by atomic mass is 9.68.